The Bertz CT molecular complexity index is 312. The van der Waals surface area contributed by atoms with Crippen molar-refractivity contribution in [2.75, 3.05) is 18.5 Å². The summed E-state index contributed by atoms with van der Waals surface area (Å²) < 4.78 is 0. The highest BCUT2D eigenvalue weighted by Crippen LogP contribution is 2.14. The van der Waals surface area contributed by atoms with Gasteiger partial charge in [0.15, 0.2) is 0 Å². The Kier molecular flexibility index (Phi) is 3.69. The van der Waals surface area contributed by atoms with Gasteiger partial charge in [0.2, 0.25) is 0 Å². The first-order chi connectivity index (χ1) is 6.50. The summed E-state index contributed by atoms with van der Waals surface area (Å²) in [6.45, 7) is 6.64. The lowest BCUT2D eigenvalue weighted by molar-refractivity contribution is 0.828. The summed E-state index contributed by atoms with van der Waals surface area (Å²) in [7, 11) is 1.98. The number of nitrogens with zero attached hydrogens (tertiary/aromatic N) is 3. The van der Waals surface area contributed by atoms with E-state index >= 15 is 0 Å². The molecule has 1 aromatic heterocycles. The highest BCUT2D eigenvalue weighted by molar-refractivity contribution is 6.20. The Morgan fingerprint density at radius 2 is 2.14 bits per heavy atom. The fourth-order valence-electron chi connectivity index (χ4n) is 1.35. The SMILES string of the molecule is Cc1cnc(C)c(N(C)CC(C)Cl)n1. The molecule has 4 heteroatoms. The molecule has 0 aromatic carbocycles. The summed E-state index contributed by atoms with van der Waals surface area (Å²) in [5.41, 5.74) is 1.87. The van der Waals surface area contributed by atoms with Gasteiger partial charge in [-0.15, -0.1) is 11.6 Å². The molecule has 14 heavy (non-hydrogen) atoms. The average Bonchev–Trinajstić information content (AvgIpc) is 2.08. The van der Waals surface area contributed by atoms with E-state index in [1.807, 2.05) is 32.7 Å². The van der Waals surface area contributed by atoms with Crippen molar-refractivity contribution in [2.45, 2.75) is 26.1 Å². The van der Waals surface area contributed by atoms with Crippen LogP contribution in [-0.2, 0) is 0 Å². The summed E-state index contributed by atoms with van der Waals surface area (Å²) >= 11 is 5.92. The minimum atomic E-state index is 0.113. The summed E-state index contributed by atoms with van der Waals surface area (Å²) in [5, 5.41) is 0.113. The number of hydrogen-bond acceptors (Lipinski definition) is 3. The van der Waals surface area contributed by atoms with E-state index < -0.39 is 0 Å². The number of alkyl halides is 1. The second kappa shape index (κ2) is 4.60. The number of hydrogen-bond donors (Lipinski definition) is 0. The van der Waals surface area contributed by atoms with Crippen LogP contribution in [0.15, 0.2) is 6.20 Å². The van der Waals surface area contributed by atoms with Crippen LogP contribution in [0.25, 0.3) is 0 Å². The van der Waals surface area contributed by atoms with Crippen molar-refractivity contribution in [3.05, 3.63) is 17.6 Å². The number of aryl methyl sites for hydroxylation is 2. The maximum atomic E-state index is 5.92. The Hall–Kier alpha value is -0.830. The number of halogens is 1. The third kappa shape index (κ3) is 2.84. The fraction of sp³-hybridized carbons (Fsp3) is 0.600. The van der Waals surface area contributed by atoms with Crippen LogP contribution in [0.3, 0.4) is 0 Å². The standard InChI is InChI=1S/C10H16ClN3/c1-7(11)6-14(4)10-9(3)12-5-8(2)13-10/h5,7H,6H2,1-4H3. The first kappa shape index (κ1) is 11.2. The van der Waals surface area contributed by atoms with Gasteiger partial charge in [-0.2, -0.15) is 0 Å². The molecule has 0 aliphatic rings. The molecule has 1 rings (SSSR count). The number of aromatic nitrogens is 2. The van der Waals surface area contributed by atoms with Crippen LogP contribution in [0.1, 0.15) is 18.3 Å². The van der Waals surface area contributed by atoms with E-state index in [4.69, 9.17) is 11.6 Å². The Balaban J connectivity index is 2.88. The monoisotopic (exact) mass is 213 g/mol. The Labute approximate surface area is 90.1 Å². The van der Waals surface area contributed by atoms with Crippen LogP contribution in [0, 0.1) is 13.8 Å². The third-order valence-electron chi connectivity index (χ3n) is 1.94. The van der Waals surface area contributed by atoms with Gasteiger partial charge in [-0.3, -0.25) is 4.98 Å². The van der Waals surface area contributed by atoms with Gasteiger partial charge in [0.05, 0.1) is 11.4 Å². The van der Waals surface area contributed by atoms with Crippen molar-refractivity contribution < 1.29 is 0 Å². The van der Waals surface area contributed by atoms with Gasteiger partial charge in [0.1, 0.15) is 5.82 Å². The molecule has 1 heterocycles. The molecule has 0 N–H and O–H groups in total. The molecular weight excluding hydrogens is 198 g/mol. The minimum absolute atomic E-state index is 0.113. The van der Waals surface area contributed by atoms with Gasteiger partial charge in [-0.05, 0) is 20.8 Å². The molecule has 0 saturated heterocycles. The minimum Gasteiger partial charge on any atom is -0.357 e. The number of rotatable bonds is 3. The molecule has 3 nitrogen and oxygen atoms in total. The van der Waals surface area contributed by atoms with Gasteiger partial charge < -0.3 is 4.90 Å². The van der Waals surface area contributed by atoms with Crippen LogP contribution in [0.2, 0.25) is 0 Å². The van der Waals surface area contributed by atoms with E-state index in [0.717, 1.165) is 23.8 Å². The lowest BCUT2D eigenvalue weighted by atomic mass is 10.3. The maximum Gasteiger partial charge on any atom is 0.150 e. The summed E-state index contributed by atoms with van der Waals surface area (Å²) in [6, 6.07) is 0. The van der Waals surface area contributed by atoms with Crippen LogP contribution in [-0.4, -0.2) is 28.9 Å². The highest BCUT2D eigenvalue weighted by Gasteiger charge is 2.09. The van der Waals surface area contributed by atoms with Crippen molar-refractivity contribution in [1.29, 1.82) is 0 Å². The quantitative estimate of drug-likeness (QED) is 0.721. The van der Waals surface area contributed by atoms with Crippen molar-refractivity contribution in [3.63, 3.8) is 0 Å². The van der Waals surface area contributed by atoms with Gasteiger partial charge >= 0.3 is 0 Å². The van der Waals surface area contributed by atoms with E-state index in [1.165, 1.54) is 0 Å². The molecule has 0 aliphatic carbocycles. The first-order valence-electron chi connectivity index (χ1n) is 4.66. The van der Waals surface area contributed by atoms with Crippen molar-refractivity contribution in [2.24, 2.45) is 0 Å². The van der Waals surface area contributed by atoms with E-state index in [-0.39, 0.29) is 5.38 Å². The van der Waals surface area contributed by atoms with Gasteiger partial charge in [-0.1, -0.05) is 0 Å². The second-order valence-electron chi connectivity index (χ2n) is 3.58. The zero-order valence-corrected chi connectivity index (χ0v) is 9.84. The molecule has 0 radical (unpaired) electrons. The topological polar surface area (TPSA) is 29.0 Å². The average molecular weight is 214 g/mol. The Morgan fingerprint density at radius 3 is 2.71 bits per heavy atom. The second-order valence-corrected chi connectivity index (χ2v) is 4.33. The largest absolute Gasteiger partial charge is 0.357 e. The molecule has 0 bridgehead atoms. The zero-order chi connectivity index (χ0) is 10.7. The Morgan fingerprint density at radius 1 is 1.50 bits per heavy atom. The lowest BCUT2D eigenvalue weighted by Crippen LogP contribution is -2.26. The molecule has 0 saturated carbocycles. The molecule has 1 aromatic rings. The van der Waals surface area contributed by atoms with Crippen LogP contribution in [0.5, 0.6) is 0 Å². The fourth-order valence-corrected chi connectivity index (χ4v) is 1.56. The molecule has 1 atom stereocenters. The first-order valence-corrected chi connectivity index (χ1v) is 5.09. The maximum absolute atomic E-state index is 5.92. The summed E-state index contributed by atoms with van der Waals surface area (Å²) in [5.74, 6) is 0.914. The normalized spacial score (nSPS) is 12.6. The van der Waals surface area contributed by atoms with Crippen molar-refractivity contribution in [3.8, 4) is 0 Å². The smallest absolute Gasteiger partial charge is 0.150 e. The van der Waals surface area contributed by atoms with E-state index in [1.54, 1.807) is 6.20 Å². The van der Waals surface area contributed by atoms with Gasteiger partial charge in [-0.25, -0.2) is 4.98 Å². The lowest BCUT2D eigenvalue weighted by Gasteiger charge is -2.20. The molecule has 1 unspecified atom stereocenters. The summed E-state index contributed by atoms with van der Waals surface area (Å²) in [4.78, 5) is 10.7. The molecular formula is C10H16ClN3. The molecule has 0 spiro atoms. The predicted molar refractivity (Wildman–Crippen MR) is 60.1 cm³/mol. The van der Waals surface area contributed by atoms with E-state index in [0.29, 0.717) is 0 Å². The van der Waals surface area contributed by atoms with Crippen LogP contribution >= 0.6 is 11.6 Å². The molecule has 0 amide bonds. The van der Waals surface area contributed by atoms with Gasteiger partial charge in [0.25, 0.3) is 0 Å². The summed E-state index contributed by atoms with van der Waals surface area (Å²) in [6.07, 6.45) is 1.77. The van der Waals surface area contributed by atoms with E-state index in [9.17, 15) is 0 Å². The van der Waals surface area contributed by atoms with Crippen molar-refractivity contribution >= 4 is 17.4 Å². The van der Waals surface area contributed by atoms with Crippen LogP contribution < -0.4 is 4.90 Å². The predicted octanol–water partition coefficient (Wildman–Crippen LogP) is 2.16. The third-order valence-corrected chi connectivity index (χ3v) is 2.08. The molecule has 0 fully saturated rings. The van der Waals surface area contributed by atoms with E-state index in [2.05, 4.69) is 9.97 Å². The number of anilines is 1. The highest BCUT2D eigenvalue weighted by atomic mass is 35.5. The zero-order valence-electron chi connectivity index (χ0n) is 9.08. The van der Waals surface area contributed by atoms with Crippen LogP contribution in [0.4, 0.5) is 5.82 Å². The molecule has 78 valence electrons. The van der Waals surface area contributed by atoms with Crippen molar-refractivity contribution in [1.82, 2.24) is 9.97 Å². The van der Waals surface area contributed by atoms with Gasteiger partial charge in [0, 0.05) is 25.2 Å². The molecule has 0 aliphatic heterocycles.